The highest BCUT2D eigenvalue weighted by Gasteiger charge is 2.14. The Morgan fingerprint density at radius 3 is 2.80 bits per heavy atom. The fourth-order valence-electron chi connectivity index (χ4n) is 2.08. The van der Waals surface area contributed by atoms with E-state index in [2.05, 4.69) is 15.6 Å². The van der Waals surface area contributed by atoms with Crippen molar-refractivity contribution >= 4 is 28.3 Å². The zero-order valence-electron chi connectivity index (χ0n) is 13.2. The molecule has 2 N–H and O–H groups in total. The number of rotatable bonds is 5. The standard InChI is InChI=1S/C17H14FN3O3S/c1-10(22)19-8-11-6-7-15(24-11)14-9-25-17(20-14)21-16(23)12-4-2-3-5-13(12)18/h2-7,9H,8H2,1H3,(H,19,22)(H,20,21,23). The first-order valence-corrected chi connectivity index (χ1v) is 8.26. The first-order valence-electron chi connectivity index (χ1n) is 7.38. The third-order valence-corrected chi connectivity index (χ3v) is 4.03. The van der Waals surface area contributed by atoms with E-state index in [0.717, 1.165) is 0 Å². The Balaban J connectivity index is 1.69. The SMILES string of the molecule is CC(=O)NCc1ccc(-c2csc(NC(=O)c3ccccc3F)n2)o1. The normalized spacial score (nSPS) is 10.5. The number of anilines is 1. The number of carbonyl (C=O) groups excluding carboxylic acids is 2. The van der Waals surface area contributed by atoms with E-state index in [-0.39, 0.29) is 18.0 Å². The van der Waals surface area contributed by atoms with Crippen LogP contribution in [0.25, 0.3) is 11.5 Å². The lowest BCUT2D eigenvalue weighted by atomic mass is 10.2. The van der Waals surface area contributed by atoms with Gasteiger partial charge in [0.2, 0.25) is 5.91 Å². The molecule has 1 aromatic carbocycles. The van der Waals surface area contributed by atoms with Crippen molar-refractivity contribution in [1.29, 1.82) is 0 Å². The van der Waals surface area contributed by atoms with Crippen molar-refractivity contribution in [1.82, 2.24) is 10.3 Å². The molecule has 0 fully saturated rings. The monoisotopic (exact) mass is 359 g/mol. The van der Waals surface area contributed by atoms with Crippen molar-refractivity contribution < 1.29 is 18.4 Å². The molecule has 3 aromatic rings. The van der Waals surface area contributed by atoms with Gasteiger partial charge in [-0.2, -0.15) is 0 Å². The number of hydrogen-bond donors (Lipinski definition) is 2. The predicted molar refractivity (Wildman–Crippen MR) is 91.7 cm³/mol. The van der Waals surface area contributed by atoms with Gasteiger partial charge in [0, 0.05) is 12.3 Å². The van der Waals surface area contributed by atoms with Crippen LogP contribution in [0.15, 0.2) is 46.2 Å². The van der Waals surface area contributed by atoms with Crippen LogP contribution in [-0.2, 0) is 11.3 Å². The lowest BCUT2D eigenvalue weighted by Gasteiger charge is -2.02. The Labute approximate surface area is 146 Å². The first kappa shape index (κ1) is 16.8. The number of furan rings is 1. The van der Waals surface area contributed by atoms with Crippen LogP contribution < -0.4 is 10.6 Å². The number of hydrogen-bond acceptors (Lipinski definition) is 5. The van der Waals surface area contributed by atoms with E-state index in [1.165, 1.54) is 36.5 Å². The van der Waals surface area contributed by atoms with Gasteiger partial charge >= 0.3 is 0 Å². The molecular formula is C17H14FN3O3S. The molecule has 0 saturated carbocycles. The molecule has 0 aliphatic carbocycles. The number of aromatic nitrogens is 1. The van der Waals surface area contributed by atoms with Gasteiger partial charge in [0.1, 0.15) is 17.3 Å². The smallest absolute Gasteiger partial charge is 0.260 e. The van der Waals surface area contributed by atoms with Gasteiger partial charge in [-0.15, -0.1) is 11.3 Å². The minimum Gasteiger partial charge on any atom is -0.458 e. The molecule has 0 unspecified atom stereocenters. The third kappa shape index (κ3) is 4.10. The van der Waals surface area contributed by atoms with Crippen molar-refractivity contribution in [3.63, 3.8) is 0 Å². The second kappa shape index (κ2) is 7.27. The third-order valence-electron chi connectivity index (χ3n) is 3.27. The molecule has 2 amide bonds. The number of benzene rings is 1. The highest BCUT2D eigenvalue weighted by molar-refractivity contribution is 7.14. The summed E-state index contributed by atoms with van der Waals surface area (Å²) in [4.78, 5) is 27.3. The second-order valence-corrected chi connectivity index (χ2v) is 6.01. The van der Waals surface area contributed by atoms with Crippen LogP contribution in [0.1, 0.15) is 23.0 Å². The lowest BCUT2D eigenvalue weighted by molar-refractivity contribution is -0.119. The Morgan fingerprint density at radius 1 is 1.24 bits per heavy atom. The van der Waals surface area contributed by atoms with Crippen LogP contribution in [0.4, 0.5) is 9.52 Å². The van der Waals surface area contributed by atoms with Crippen molar-refractivity contribution in [2.75, 3.05) is 5.32 Å². The van der Waals surface area contributed by atoms with Crippen molar-refractivity contribution in [2.45, 2.75) is 13.5 Å². The quantitative estimate of drug-likeness (QED) is 0.731. The van der Waals surface area contributed by atoms with Crippen molar-refractivity contribution in [3.8, 4) is 11.5 Å². The van der Waals surface area contributed by atoms with Crippen LogP contribution in [0.5, 0.6) is 0 Å². The Bertz CT molecular complexity index is 919. The zero-order chi connectivity index (χ0) is 17.8. The van der Waals surface area contributed by atoms with Gasteiger partial charge in [-0.3, -0.25) is 14.9 Å². The number of nitrogens with zero attached hydrogens (tertiary/aromatic N) is 1. The average molecular weight is 359 g/mol. The van der Waals surface area contributed by atoms with Gasteiger partial charge in [0.15, 0.2) is 10.9 Å². The summed E-state index contributed by atoms with van der Waals surface area (Å²) in [6.45, 7) is 1.71. The molecule has 6 nitrogen and oxygen atoms in total. The molecular weight excluding hydrogens is 345 g/mol. The van der Waals surface area contributed by atoms with Crippen LogP contribution in [-0.4, -0.2) is 16.8 Å². The number of halogens is 1. The summed E-state index contributed by atoms with van der Waals surface area (Å²) in [6, 6.07) is 9.20. The molecule has 0 atom stereocenters. The Hall–Kier alpha value is -3.00. The average Bonchev–Trinajstić information content (AvgIpc) is 3.22. The first-order chi connectivity index (χ1) is 12.0. The van der Waals surface area contributed by atoms with E-state index in [1.807, 2.05) is 0 Å². The second-order valence-electron chi connectivity index (χ2n) is 5.15. The summed E-state index contributed by atoms with van der Waals surface area (Å²) in [5, 5.41) is 7.26. The molecule has 0 saturated heterocycles. The summed E-state index contributed by atoms with van der Waals surface area (Å²) >= 11 is 1.21. The Kier molecular flexibility index (Phi) is 4.90. The van der Waals surface area contributed by atoms with Gasteiger partial charge in [-0.1, -0.05) is 12.1 Å². The molecule has 0 aliphatic heterocycles. The van der Waals surface area contributed by atoms with Crippen LogP contribution >= 0.6 is 11.3 Å². The zero-order valence-corrected chi connectivity index (χ0v) is 14.0. The maximum absolute atomic E-state index is 13.6. The highest BCUT2D eigenvalue weighted by atomic mass is 32.1. The molecule has 0 radical (unpaired) electrons. The minimum atomic E-state index is -0.592. The van der Waals surface area contributed by atoms with Gasteiger partial charge in [0.25, 0.3) is 5.91 Å². The molecule has 25 heavy (non-hydrogen) atoms. The van der Waals surface area contributed by atoms with Gasteiger partial charge in [-0.05, 0) is 24.3 Å². The maximum Gasteiger partial charge on any atom is 0.260 e. The van der Waals surface area contributed by atoms with Crippen LogP contribution in [0.3, 0.4) is 0 Å². The number of thiazole rings is 1. The fourth-order valence-corrected chi connectivity index (χ4v) is 2.77. The molecule has 0 bridgehead atoms. The lowest BCUT2D eigenvalue weighted by Crippen LogP contribution is -2.18. The van der Waals surface area contributed by atoms with E-state index in [9.17, 15) is 14.0 Å². The molecule has 3 rings (SSSR count). The van der Waals surface area contributed by atoms with E-state index in [1.54, 1.807) is 23.6 Å². The fraction of sp³-hybridized carbons (Fsp3) is 0.118. The summed E-state index contributed by atoms with van der Waals surface area (Å²) in [6.07, 6.45) is 0. The van der Waals surface area contributed by atoms with E-state index in [4.69, 9.17) is 4.42 Å². The molecule has 2 aromatic heterocycles. The van der Waals surface area contributed by atoms with Crippen LogP contribution in [0, 0.1) is 5.82 Å². The molecule has 128 valence electrons. The van der Waals surface area contributed by atoms with E-state index >= 15 is 0 Å². The largest absolute Gasteiger partial charge is 0.458 e. The summed E-state index contributed by atoms with van der Waals surface area (Å²) in [7, 11) is 0. The molecule has 0 spiro atoms. The molecule has 2 heterocycles. The van der Waals surface area contributed by atoms with Gasteiger partial charge in [-0.25, -0.2) is 9.37 Å². The highest BCUT2D eigenvalue weighted by Crippen LogP contribution is 2.27. The van der Waals surface area contributed by atoms with E-state index in [0.29, 0.717) is 22.3 Å². The van der Waals surface area contributed by atoms with Crippen molar-refractivity contribution in [2.24, 2.45) is 0 Å². The number of carbonyl (C=O) groups is 2. The van der Waals surface area contributed by atoms with Crippen LogP contribution in [0.2, 0.25) is 0 Å². The minimum absolute atomic E-state index is 0.0464. The topological polar surface area (TPSA) is 84.2 Å². The van der Waals surface area contributed by atoms with E-state index < -0.39 is 11.7 Å². The number of nitrogens with one attached hydrogen (secondary N) is 2. The van der Waals surface area contributed by atoms with Crippen molar-refractivity contribution in [3.05, 3.63) is 58.9 Å². The summed E-state index contributed by atoms with van der Waals surface area (Å²) in [5.41, 5.74) is 0.498. The summed E-state index contributed by atoms with van der Waals surface area (Å²) in [5.74, 6) is -0.196. The predicted octanol–water partition coefficient (Wildman–Crippen LogP) is 3.43. The maximum atomic E-state index is 13.6. The van der Waals surface area contributed by atoms with Gasteiger partial charge < -0.3 is 9.73 Å². The Morgan fingerprint density at radius 2 is 2.04 bits per heavy atom. The number of amides is 2. The van der Waals surface area contributed by atoms with Gasteiger partial charge in [0.05, 0.1) is 12.1 Å². The summed E-state index contributed by atoms with van der Waals surface area (Å²) < 4.78 is 19.2. The molecule has 0 aliphatic rings. The molecule has 8 heteroatoms.